The minimum absolute atomic E-state index is 0.0227. The molecule has 0 N–H and O–H groups in total. The van der Waals surface area contributed by atoms with Gasteiger partial charge in [-0.25, -0.2) is 0 Å². The monoisotopic (exact) mass is 460 g/mol. The lowest BCUT2D eigenvalue weighted by molar-refractivity contribution is -0.133. The highest BCUT2D eigenvalue weighted by atomic mass is 35.5. The summed E-state index contributed by atoms with van der Waals surface area (Å²) in [6.45, 7) is 1.70. The van der Waals surface area contributed by atoms with E-state index in [4.69, 9.17) is 37.4 Å². The number of hydrogen-bond donors (Lipinski definition) is 0. The van der Waals surface area contributed by atoms with E-state index in [0.717, 1.165) is 5.56 Å². The van der Waals surface area contributed by atoms with E-state index in [-0.39, 0.29) is 23.5 Å². The molecule has 0 amide bonds. The van der Waals surface area contributed by atoms with Crippen LogP contribution in [-0.2, 0) is 11.2 Å². The molecule has 0 aromatic heterocycles. The Morgan fingerprint density at radius 3 is 2.35 bits per heavy atom. The molecular weight excluding hydrogens is 439 g/mol. The van der Waals surface area contributed by atoms with Gasteiger partial charge in [-0.05, 0) is 30.7 Å². The number of halogens is 2. The summed E-state index contributed by atoms with van der Waals surface area (Å²) in [6.07, 6.45) is 5.05. The van der Waals surface area contributed by atoms with E-state index in [1.165, 1.54) is 20.3 Å². The smallest absolute Gasteiger partial charge is 0.315 e. The van der Waals surface area contributed by atoms with Gasteiger partial charge in [0.15, 0.2) is 17.3 Å². The maximum absolute atomic E-state index is 13.5. The Morgan fingerprint density at radius 1 is 1.03 bits per heavy atom. The second-order valence-electron chi connectivity index (χ2n) is 7.17. The number of rotatable bonds is 7. The molecule has 2 aromatic carbocycles. The van der Waals surface area contributed by atoms with Gasteiger partial charge in [-0.3, -0.25) is 9.59 Å². The Bertz CT molecular complexity index is 1040. The number of allylic oxidation sites excluding steroid dienone is 4. The zero-order chi connectivity index (χ0) is 22.6. The lowest BCUT2D eigenvalue weighted by Gasteiger charge is -2.30. The highest BCUT2D eigenvalue weighted by molar-refractivity contribution is 6.36. The fraction of sp³-hybridized carbons (Fsp3) is 0.250. The molecule has 2 atom stereocenters. The van der Waals surface area contributed by atoms with E-state index in [1.54, 1.807) is 31.2 Å². The second-order valence-corrected chi connectivity index (χ2v) is 8.42. The van der Waals surface area contributed by atoms with Crippen LogP contribution in [0.15, 0.2) is 65.7 Å². The van der Waals surface area contributed by atoms with E-state index in [0.29, 0.717) is 10.8 Å². The number of carbonyl (C=O) groups excluding carboxylic acids is 2. The van der Waals surface area contributed by atoms with Crippen molar-refractivity contribution in [1.82, 2.24) is 0 Å². The van der Waals surface area contributed by atoms with Gasteiger partial charge in [0.25, 0.3) is 0 Å². The largest absolute Gasteiger partial charge is 0.493 e. The van der Waals surface area contributed by atoms with Crippen LogP contribution in [0.3, 0.4) is 0 Å². The molecule has 3 rings (SSSR count). The van der Waals surface area contributed by atoms with Crippen LogP contribution in [-0.4, -0.2) is 30.8 Å². The third-order valence-electron chi connectivity index (χ3n) is 4.95. The summed E-state index contributed by atoms with van der Waals surface area (Å²) in [5.41, 5.74) is 0.900. The molecule has 7 heteroatoms. The number of esters is 1. The molecule has 2 aromatic rings. The van der Waals surface area contributed by atoms with Gasteiger partial charge >= 0.3 is 5.97 Å². The van der Waals surface area contributed by atoms with Crippen LogP contribution in [0.5, 0.6) is 17.2 Å². The summed E-state index contributed by atoms with van der Waals surface area (Å²) in [7, 11) is 2.86. The predicted molar refractivity (Wildman–Crippen MR) is 120 cm³/mol. The molecule has 5 nitrogen and oxygen atoms in total. The van der Waals surface area contributed by atoms with Crippen molar-refractivity contribution < 1.29 is 23.8 Å². The van der Waals surface area contributed by atoms with Crippen LogP contribution in [0.2, 0.25) is 0 Å². The first-order valence-electron chi connectivity index (χ1n) is 9.56. The molecule has 162 valence electrons. The van der Waals surface area contributed by atoms with E-state index >= 15 is 0 Å². The summed E-state index contributed by atoms with van der Waals surface area (Å²) in [4.78, 5) is 25.2. The molecule has 0 saturated heterocycles. The van der Waals surface area contributed by atoms with Crippen LogP contribution in [0, 0.1) is 5.92 Å². The van der Waals surface area contributed by atoms with Crippen molar-refractivity contribution >= 4 is 35.0 Å². The van der Waals surface area contributed by atoms with Crippen LogP contribution in [0.25, 0.3) is 0 Å². The molecule has 0 heterocycles. The number of benzene rings is 2. The Labute approximate surface area is 191 Å². The Kier molecular flexibility index (Phi) is 7.08. The first-order valence-corrected chi connectivity index (χ1v) is 10.3. The first-order chi connectivity index (χ1) is 14.8. The van der Waals surface area contributed by atoms with Crippen molar-refractivity contribution in [2.24, 2.45) is 5.92 Å². The van der Waals surface area contributed by atoms with Crippen molar-refractivity contribution in [3.63, 3.8) is 0 Å². The zero-order valence-corrected chi connectivity index (χ0v) is 18.9. The van der Waals surface area contributed by atoms with Crippen LogP contribution in [0.1, 0.15) is 22.8 Å². The highest BCUT2D eigenvalue weighted by Crippen LogP contribution is 2.45. The Morgan fingerprint density at radius 2 is 1.74 bits per heavy atom. The number of hydrogen-bond acceptors (Lipinski definition) is 5. The van der Waals surface area contributed by atoms with Crippen molar-refractivity contribution in [2.75, 3.05) is 14.2 Å². The molecule has 0 fully saturated rings. The number of methoxy groups -OCH3 is 2. The fourth-order valence-electron chi connectivity index (χ4n) is 3.43. The molecule has 0 aliphatic heterocycles. The van der Waals surface area contributed by atoms with Gasteiger partial charge in [0, 0.05) is 5.03 Å². The minimum Gasteiger partial charge on any atom is -0.493 e. The second kappa shape index (κ2) is 9.58. The number of alkyl halides is 1. The number of Topliss-reactive ketones (excluding diaryl/α,β-unsaturated/α-hetero) is 1. The molecular formula is C24H22Cl2O5. The van der Waals surface area contributed by atoms with Gasteiger partial charge in [-0.2, -0.15) is 0 Å². The summed E-state index contributed by atoms with van der Waals surface area (Å²) in [5.74, 6) is -1.38. The van der Waals surface area contributed by atoms with Crippen molar-refractivity contribution in [2.45, 2.75) is 18.2 Å². The summed E-state index contributed by atoms with van der Waals surface area (Å²) in [6, 6.07) is 12.2. The van der Waals surface area contributed by atoms with Gasteiger partial charge in [0.05, 0.1) is 37.0 Å². The molecule has 31 heavy (non-hydrogen) atoms. The van der Waals surface area contributed by atoms with Crippen molar-refractivity contribution in [3.05, 3.63) is 76.9 Å². The average Bonchev–Trinajstić information content (AvgIpc) is 2.73. The Hall–Kier alpha value is -2.76. The predicted octanol–water partition coefficient (Wildman–Crippen LogP) is 5.34. The van der Waals surface area contributed by atoms with Crippen molar-refractivity contribution in [1.29, 1.82) is 0 Å². The quantitative estimate of drug-likeness (QED) is 0.241. The van der Waals surface area contributed by atoms with Crippen molar-refractivity contribution in [3.8, 4) is 17.2 Å². The Balaban J connectivity index is 2.02. The van der Waals surface area contributed by atoms with Gasteiger partial charge in [0.2, 0.25) is 5.75 Å². The maximum atomic E-state index is 13.5. The number of ketones is 1. The number of carbonyl (C=O) groups is 2. The lowest BCUT2D eigenvalue weighted by Crippen LogP contribution is -2.35. The van der Waals surface area contributed by atoms with Gasteiger partial charge < -0.3 is 14.2 Å². The number of ether oxygens (including phenoxy) is 3. The third kappa shape index (κ3) is 4.94. The fourth-order valence-corrected chi connectivity index (χ4v) is 4.18. The zero-order valence-electron chi connectivity index (χ0n) is 17.4. The lowest BCUT2D eigenvalue weighted by atomic mass is 9.82. The average molecular weight is 461 g/mol. The third-order valence-corrected chi connectivity index (χ3v) is 5.64. The minimum atomic E-state index is -1.04. The normalized spacial score (nSPS) is 20.0. The summed E-state index contributed by atoms with van der Waals surface area (Å²) < 4.78 is 16.4. The SMILES string of the molecule is COc1ccc(C(=O)C2C(Cl)=CC=CC2(C)Cl)c(OC(=O)Cc2ccccc2)c1OC. The molecule has 0 saturated carbocycles. The topological polar surface area (TPSA) is 61.8 Å². The van der Waals surface area contributed by atoms with E-state index < -0.39 is 22.5 Å². The standard InChI is InChI=1S/C24H22Cl2O5/c1-24(26)13-7-10-17(25)20(24)21(28)16-11-12-18(29-2)23(30-3)22(16)31-19(27)14-15-8-5-4-6-9-15/h4-13,20H,14H2,1-3H3. The van der Waals surface area contributed by atoms with Crippen LogP contribution < -0.4 is 14.2 Å². The molecule has 0 spiro atoms. The van der Waals surface area contributed by atoms with Gasteiger partial charge in [-0.15, -0.1) is 11.6 Å². The van der Waals surface area contributed by atoms with E-state index in [9.17, 15) is 9.59 Å². The molecule has 2 unspecified atom stereocenters. The molecule has 0 bridgehead atoms. The first kappa shape index (κ1) is 22.9. The van der Waals surface area contributed by atoms with Crippen LogP contribution in [0.4, 0.5) is 0 Å². The van der Waals surface area contributed by atoms with Gasteiger partial charge in [-0.1, -0.05) is 54.1 Å². The molecule has 0 radical (unpaired) electrons. The summed E-state index contributed by atoms with van der Waals surface area (Å²) in [5, 5.41) is 0.293. The molecule has 1 aliphatic carbocycles. The molecule has 1 aliphatic rings. The highest BCUT2D eigenvalue weighted by Gasteiger charge is 2.41. The van der Waals surface area contributed by atoms with Gasteiger partial charge in [0.1, 0.15) is 0 Å². The summed E-state index contributed by atoms with van der Waals surface area (Å²) >= 11 is 12.9. The van der Waals surface area contributed by atoms with Crippen LogP contribution >= 0.6 is 23.2 Å². The van der Waals surface area contributed by atoms with E-state index in [2.05, 4.69) is 0 Å². The maximum Gasteiger partial charge on any atom is 0.315 e. The van der Waals surface area contributed by atoms with E-state index in [1.807, 2.05) is 30.3 Å².